The fourth-order valence-corrected chi connectivity index (χ4v) is 4.82. The first-order chi connectivity index (χ1) is 17.8. The number of fused-ring (bicyclic) bond motifs is 2. The molecule has 0 aliphatic heterocycles. The minimum Gasteiger partial charge on any atom is -0.748 e. The molecule has 4 rings (SSSR count). The van der Waals surface area contributed by atoms with Crippen LogP contribution in [0.5, 0.6) is 0 Å². The van der Waals surface area contributed by atoms with Crippen LogP contribution in [-0.4, -0.2) is 66.6 Å². The molecule has 0 aliphatic carbocycles. The van der Waals surface area contributed by atoms with Gasteiger partial charge in [0.15, 0.2) is 5.58 Å². The van der Waals surface area contributed by atoms with Crippen LogP contribution in [-0.2, 0) is 20.2 Å². The molecule has 202 valence electrons. The van der Waals surface area contributed by atoms with Crippen molar-refractivity contribution >= 4 is 54.0 Å². The van der Waals surface area contributed by atoms with E-state index in [4.69, 9.17) is 13.9 Å². The number of carboxylic acids is 1. The largest absolute Gasteiger partial charge is 0.748 e. The van der Waals surface area contributed by atoms with E-state index in [9.17, 15) is 35.5 Å². The van der Waals surface area contributed by atoms with Gasteiger partial charge in [-0.25, -0.2) is 31.4 Å². The maximum atomic E-state index is 12.8. The molecule has 0 aliphatic rings. The van der Waals surface area contributed by atoms with E-state index in [0.717, 1.165) is 0 Å². The van der Waals surface area contributed by atoms with Gasteiger partial charge < -0.3 is 27.9 Å². The molecular formula is C23H20N2O11S2-2. The number of hydrogen-bond acceptors (Lipinski definition) is 12. The Hall–Kier alpha value is -3.79. The zero-order valence-electron chi connectivity index (χ0n) is 19.5. The third kappa shape index (κ3) is 6.74. The number of carbonyl (C=O) groups is 1. The molecule has 0 bridgehead atoms. The van der Waals surface area contributed by atoms with Crippen molar-refractivity contribution in [2.75, 3.05) is 29.5 Å². The summed E-state index contributed by atoms with van der Waals surface area (Å²) in [5.74, 6) is -2.47. The van der Waals surface area contributed by atoms with Crippen LogP contribution < -0.4 is 10.5 Å². The highest BCUT2D eigenvalue weighted by atomic mass is 32.2. The quantitative estimate of drug-likeness (QED) is 0.204. The van der Waals surface area contributed by atoms with Gasteiger partial charge in [0.05, 0.1) is 25.8 Å². The third-order valence-electron chi connectivity index (χ3n) is 5.59. The highest BCUT2D eigenvalue weighted by Crippen LogP contribution is 2.28. The Balaban J connectivity index is 1.65. The lowest BCUT2D eigenvalue weighted by Crippen LogP contribution is -2.28. The summed E-state index contributed by atoms with van der Waals surface area (Å²) in [6.45, 7) is 0.130. The van der Waals surface area contributed by atoms with Crippen molar-refractivity contribution in [1.82, 2.24) is 4.98 Å². The summed E-state index contributed by atoms with van der Waals surface area (Å²) in [4.78, 5) is 29.7. The van der Waals surface area contributed by atoms with E-state index in [0.29, 0.717) is 11.1 Å². The summed E-state index contributed by atoms with van der Waals surface area (Å²) in [5.41, 5.74) is 0.320. The number of aromatic nitrogens is 1. The number of anilines is 1. The van der Waals surface area contributed by atoms with Gasteiger partial charge in [0, 0.05) is 41.7 Å². The van der Waals surface area contributed by atoms with Crippen LogP contribution in [0.4, 0.5) is 5.69 Å². The molecule has 0 atom stereocenters. The van der Waals surface area contributed by atoms with E-state index in [1.807, 2.05) is 0 Å². The van der Waals surface area contributed by atoms with Gasteiger partial charge in [0.2, 0.25) is 5.89 Å². The van der Waals surface area contributed by atoms with Crippen molar-refractivity contribution in [3.05, 3.63) is 58.4 Å². The van der Waals surface area contributed by atoms with Crippen LogP contribution in [0.1, 0.15) is 23.2 Å². The molecule has 1 N–H and O–H groups in total. The maximum absolute atomic E-state index is 12.8. The minimum atomic E-state index is -4.46. The smallest absolute Gasteiger partial charge is 0.349 e. The van der Waals surface area contributed by atoms with Gasteiger partial charge in [-0.15, -0.1) is 0 Å². The zero-order chi connectivity index (χ0) is 27.7. The molecular weight excluding hydrogens is 544 g/mol. The summed E-state index contributed by atoms with van der Waals surface area (Å²) in [5, 5.41) is 9.62. The monoisotopic (exact) mass is 564 g/mol. The van der Waals surface area contributed by atoms with Gasteiger partial charge in [-0.05, 0) is 49.2 Å². The van der Waals surface area contributed by atoms with Crippen molar-refractivity contribution in [1.29, 1.82) is 0 Å². The highest BCUT2D eigenvalue weighted by Gasteiger charge is 2.17. The first-order valence-corrected chi connectivity index (χ1v) is 14.3. The number of benzene rings is 2. The van der Waals surface area contributed by atoms with E-state index < -0.39 is 43.3 Å². The molecule has 13 nitrogen and oxygen atoms in total. The molecule has 15 heteroatoms. The molecule has 0 saturated carbocycles. The fourth-order valence-electron chi connectivity index (χ4n) is 3.86. The zero-order valence-corrected chi connectivity index (χ0v) is 21.2. The molecule has 4 aromatic rings. The summed E-state index contributed by atoms with van der Waals surface area (Å²) in [6, 6.07) is 10.3. The Morgan fingerprint density at radius 2 is 1.55 bits per heavy atom. The minimum absolute atomic E-state index is 0.000631. The molecule has 38 heavy (non-hydrogen) atoms. The number of carboxylic acid groups (broad SMARTS) is 1. The summed E-state index contributed by atoms with van der Waals surface area (Å²) in [7, 11) is -8.92. The van der Waals surface area contributed by atoms with Crippen LogP contribution in [0.2, 0.25) is 0 Å². The molecule has 0 fully saturated rings. The van der Waals surface area contributed by atoms with Gasteiger partial charge in [0.25, 0.3) is 0 Å². The molecule has 0 amide bonds. The molecule has 0 saturated heterocycles. The fraction of sp³-hybridized carbons (Fsp3) is 0.261. The van der Waals surface area contributed by atoms with Gasteiger partial charge in [-0.3, -0.25) is 0 Å². The second kappa shape index (κ2) is 10.5. The summed E-state index contributed by atoms with van der Waals surface area (Å²) in [6.07, 6.45) is -0.0869. The van der Waals surface area contributed by atoms with E-state index in [2.05, 4.69) is 4.98 Å². The topological polar surface area (TPSA) is 211 Å². The number of nitrogens with zero attached hydrogens (tertiary/aromatic N) is 2. The van der Waals surface area contributed by atoms with Crippen LogP contribution in [0.25, 0.3) is 33.5 Å². The first-order valence-electron chi connectivity index (χ1n) is 11.1. The van der Waals surface area contributed by atoms with E-state index in [1.165, 1.54) is 30.3 Å². The summed E-state index contributed by atoms with van der Waals surface area (Å²) < 4.78 is 76.9. The number of aromatic carboxylic acids is 1. The lowest BCUT2D eigenvalue weighted by molar-refractivity contribution is 0.0697. The van der Waals surface area contributed by atoms with Crippen molar-refractivity contribution in [3.63, 3.8) is 0 Å². The molecule has 0 radical (unpaired) electrons. The Bertz CT molecular complexity index is 1750. The molecule has 0 spiro atoms. The standard InChI is InChI=1S/C23H22N2O11S2/c26-22(27)15-4-6-19-18(12-15)24-21(35-19)17-11-14-3-5-16(13-20(14)36-23(17)28)25(7-1-9-37(29,30)31)8-2-10-38(32,33)34/h3-6,11-13H,1-2,7-10H2,(H,26,27)(H,29,30,31)(H,32,33,34)/p-2. The highest BCUT2D eigenvalue weighted by molar-refractivity contribution is 7.85. The van der Waals surface area contributed by atoms with Crippen LogP contribution in [0.3, 0.4) is 0 Å². The molecule has 0 unspecified atom stereocenters. The number of oxazole rings is 1. The van der Waals surface area contributed by atoms with E-state index >= 15 is 0 Å². The predicted octanol–water partition coefficient (Wildman–Crippen LogP) is 1.98. The predicted molar refractivity (Wildman–Crippen MR) is 133 cm³/mol. The van der Waals surface area contributed by atoms with Gasteiger partial charge in [0.1, 0.15) is 16.7 Å². The average molecular weight is 565 g/mol. The lowest BCUT2D eigenvalue weighted by Gasteiger charge is -2.25. The first kappa shape index (κ1) is 27.3. The average Bonchev–Trinajstić information content (AvgIpc) is 3.24. The third-order valence-corrected chi connectivity index (χ3v) is 7.17. The Morgan fingerprint density at radius 1 is 0.895 bits per heavy atom. The lowest BCUT2D eigenvalue weighted by atomic mass is 10.1. The normalized spacial score (nSPS) is 12.3. The van der Waals surface area contributed by atoms with Crippen molar-refractivity contribution in [2.24, 2.45) is 0 Å². The SMILES string of the molecule is O=C(O)c1ccc2oc(-c3cc4ccc(N(CCCS(=O)(=O)[O-])CCCS(=O)(=O)[O-])cc4oc3=O)nc2c1. The van der Waals surface area contributed by atoms with Crippen LogP contribution in [0.15, 0.2) is 56.1 Å². The summed E-state index contributed by atoms with van der Waals surface area (Å²) >= 11 is 0. The number of hydrogen-bond donors (Lipinski definition) is 1. The maximum Gasteiger partial charge on any atom is 0.349 e. The Labute approximate surface area is 215 Å². The molecule has 2 heterocycles. The molecule has 2 aromatic carbocycles. The van der Waals surface area contributed by atoms with Crippen molar-refractivity contribution in [3.8, 4) is 11.5 Å². The van der Waals surface area contributed by atoms with Gasteiger partial charge >= 0.3 is 11.6 Å². The second-order valence-corrected chi connectivity index (χ2v) is 11.4. The second-order valence-electron chi connectivity index (χ2n) is 8.39. The van der Waals surface area contributed by atoms with E-state index in [1.54, 1.807) is 17.0 Å². The van der Waals surface area contributed by atoms with Gasteiger partial charge in [-0.1, -0.05) is 0 Å². The Kier molecular flexibility index (Phi) is 7.55. The molecule has 2 aromatic heterocycles. The number of rotatable bonds is 11. The Morgan fingerprint density at radius 3 is 2.16 bits per heavy atom. The van der Waals surface area contributed by atoms with E-state index in [-0.39, 0.29) is 59.6 Å². The van der Waals surface area contributed by atoms with Crippen molar-refractivity contribution in [2.45, 2.75) is 12.8 Å². The van der Waals surface area contributed by atoms with Crippen molar-refractivity contribution < 1.29 is 44.7 Å². The van der Waals surface area contributed by atoms with Crippen LogP contribution in [0, 0.1) is 0 Å². The van der Waals surface area contributed by atoms with Crippen LogP contribution >= 0.6 is 0 Å². The van der Waals surface area contributed by atoms with Gasteiger partial charge in [-0.2, -0.15) is 0 Å².